The van der Waals surface area contributed by atoms with Crippen molar-refractivity contribution >= 4 is 15.9 Å². The number of nitrogens with one attached hydrogen (secondary N) is 1. The van der Waals surface area contributed by atoms with Crippen molar-refractivity contribution in [1.29, 1.82) is 0 Å². The van der Waals surface area contributed by atoms with E-state index in [0.29, 0.717) is 6.04 Å². The van der Waals surface area contributed by atoms with Crippen LogP contribution in [0.25, 0.3) is 0 Å². The molecule has 0 radical (unpaired) electrons. The van der Waals surface area contributed by atoms with Gasteiger partial charge in [-0.2, -0.15) is 0 Å². The fraction of sp³-hybridized carbons (Fsp3) is 0.625. The van der Waals surface area contributed by atoms with Crippen molar-refractivity contribution < 1.29 is 4.74 Å². The molecule has 0 aliphatic rings. The molecule has 1 aromatic rings. The van der Waals surface area contributed by atoms with E-state index in [1.54, 1.807) is 7.11 Å². The lowest BCUT2D eigenvalue weighted by Gasteiger charge is -2.27. The maximum Gasteiger partial charge on any atom is 0.0623 e. The maximum atomic E-state index is 5.52. The fourth-order valence-corrected chi connectivity index (χ4v) is 2.59. The maximum absolute atomic E-state index is 5.52. The molecule has 1 unspecified atom stereocenters. The number of benzene rings is 1. The summed E-state index contributed by atoms with van der Waals surface area (Å²) >= 11 is 3.62. The molecule has 0 aliphatic carbocycles. The van der Waals surface area contributed by atoms with Crippen LogP contribution in [0.2, 0.25) is 0 Å². The average Bonchev–Trinajstić information content (AvgIpc) is 2.38. The molecule has 1 N–H and O–H groups in total. The van der Waals surface area contributed by atoms with Crippen LogP contribution in [0.5, 0.6) is 0 Å². The van der Waals surface area contributed by atoms with E-state index >= 15 is 0 Å². The van der Waals surface area contributed by atoms with E-state index in [0.717, 1.165) is 19.4 Å². The van der Waals surface area contributed by atoms with Crippen molar-refractivity contribution in [2.45, 2.75) is 52.2 Å². The van der Waals surface area contributed by atoms with Gasteiger partial charge in [-0.15, -0.1) is 0 Å². The molecule has 1 aromatic carbocycles. The van der Waals surface area contributed by atoms with Crippen LogP contribution in [0.1, 0.15) is 50.8 Å². The van der Waals surface area contributed by atoms with Gasteiger partial charge in [0.2, 0.25) is 0 Å². The lowest BCUT2D eigenvalue weighted by atomic mass is 9.92. The Morgan fingerprint density at radius 3 is 2.63 bits per heavy atom. The van der Waals surface area contributed by atoms with E-state index in [-0.39, 0.29) is 5.60 Å². The Morgan fingerprint density at radius 1 is 1.37 bits per heavy atom. The number of hydrogen-bond donors (Lipinski definition) is 1. The van der Waals surface area contributed by atoms with Crippen LogP contribution in [0, 0.1) is 6.92 Å². The summed E-state index contributed by atoms with van der Waals surface area (Å²) in [5.74, 6) is 0. The second kappa shape index (κ2) is 7.41. The van der Waals surface area contributed by atoms with Crippen LogP contribution >= 0.6 is 15.9 Å². The first-order valence-electron chi connectivity index (χ1n) is 6.95. The SMILES string of the molecule is CCNC(CCC(C)(C)OC)c1cccc(Br)c1C. The van der Waals surface area contributed by atoms with Gasteiger partial charge in [-0.05, 0) is 57.4 Å². The number of methoxy groups -OCH3 is 1. The Hall–Kier alpha value is -0.380. The van der Waals surface area contributed by atoms with Crippen LogP contribution in [0.4, 0.5) is 0 Å². The lowest BCUT2D eigenvalue weighted by Crippen LogP contribution is -2.27. The average molecular weight is 328 g/mol. The number of hydrogen-bond acceptors (Lipinski definition) is 2. The molecule has 1 atom stereocenters. The molecule has 0 fully saturated rings. The summed E-state index contributed by atoms with van der Waals surface area (Å²) in [6, 6.07) is 6.81. The molecule has 0 amide bonds. The summed E-state index contributed by atoms with van der Waals surface area (Å²) in [5.41, 5.74) is 2.64. The van der Waals surface area contributed by atoms with Gasteiger partial charge >= 0.3 is 0 Å². The largest absolute Gasteiger partial charge is 0.379 e. The first-order chi connectivity index (χ1) is 8.91. The van der Waals surface area contributed by atoms with Gasteiger partial charge in [0.1, 0.15) is 0 Å². The zero-order valence-corrected chi connectivity index (χ0v) is 14.3. The van der Waals surface area contributed by atoms with Gasteiger partial charge in [-0.25, -0.2) is 0 Å². The van der Waals surface area contributed by atoms with Crippen molar-refractivity contribution in [3.8, 4) is 0 Å². The van der Waals surface area contributed by atoms with Crippen LogP contribution in [0.3, 0.4) is 0 Å². The third-order valence-corrected chi connectivity index (χ3v) is 4.58. The Morgan fingerprint density at radius 2 is 2.05 bits per heavy atom. The van der Waals surface area contributed by atoms with E-state index < -0.39 is 0 Å². The second-order valence-corrected chi connectivity index (χ2v) is 6.42. The highest BCUT2D eigenvalue weighted by atomic mass is 79.9. The molecule has 108 valence electrons. The molecule has 19 heavy (non-hydrogen) atoms. The van der Waals surface area contributed by atoms with Crippen molar-refractivity contribution in [1.82, 2.24) is 5.32 Å². The van der Waals surface area contributed by atoms with Crippen LogP contribution in [0.15, 0.2) is 22.7 Å². The van der Waals surface area contributed by atoms with Gasteiger partial charge in [-0.1, -0.05) is 35.0 Å². The second-order valence-electron chi connectivity index (χ2n) is 5.57. The smallest absolute Gasteiger partial charge is 0.0623 e. The van der Waals surface area contributed by atoms with Gasteiger partial charge in [0.05, 0.1) is 5.60 Å². The van der Waals surface area contributed by atoms with Gasteiger partial charge in [0, 0.05) is 17.6 Å². The highest BCUT2D eigenvalue weighted by Gasteiger charge is 2.21. The van der Waals surface area contributed by atoms with Gasteiger partial charge in [0.25, 0.3) is 0 Å². The minimum Gasteiger partial charge on any atom is -0.379 e. The molecule has 0 aromatic heterocycles. The van der Waals surface area contributed by atoms with E-state index in [2.05, 4.69) is 67.1 Å². The van der Waals surface area contributed by atoms with Gasteiger partial charge < -0.3 is 10.1 Å². The molecule has 0 heterocycles. The molecular formula is C16H26BrNO. The third kappa shape index (κ3) is 4.90. The summed E-state index contributed by atoms with van der Waals surface area (Å²) in [6.07, 6.45) is 2.11. The van der Waals surface area contributed by atoms with Crippen molar-refractivity contribution in [3.05, 3.63) is 33.8 Å². The summed E-state index contributed by atoms with van der Waals surface area (Å²) in [4.78, 5) is 0. The molecular weight excluding hydrogens is 302 g/mol. The van der Waals surface area contributed by atoms with Crippen LogP contribution < -0.4 is 5.32 Å². The van der Waals surface area contributed by atoms with E-state index in [9.17, 15) is 0 Å². The molecule has 2 nitrogen and oxygen atoms in total. The van der Waals surface area contributed by atoms with Gasteiger partial charge in [-0.3, -0.25) is 0 Å². The molecule has 0 bridgehead atoms. The van der Waals surface area contributed by atoms with Crippen LogP contribution in [-0.4, -0.2) is 19.3 Å². The monoisotopic (exact) mass is 327 g/mol. The summed E-state index contributed by atoms with van der Waals surface area (Å²) in [5, 5.41) is 3.59. The molecule has 0 saturated heterocycles. The van der Waals surface area contributed by atoms with E-state index in [1.165, 1.54) is 15.6 Å². The van der Waals surface area contributed by atoms with Crippen molar-refractivity contribution in [2.24, 2.45) is 0 Å². The van der Waals surface area contributed by atoms with E-state index in [4.69, 9.17) is 4.74 Å². The quantitative estimate of drug-likeness (QED) is 0.789. The molecule has 3 heteroatoms. The summed E-state index contributed by atoms with van der Waals surface area (Å²) < 4.78 is 6.70. The summed E-state index contributed by atoms with van der Waals surface area (Å²) in [7, 11) is 1.78. The lowest BCUT2D eigenvalue weighted by molar-refractivity contribution is 0.0117. The Kier molecular flexibility index (Phi) is 6.51. The third-order valence-electron chi connectivity index (χ3n) is 3.72. The molecule has 0 aliphatic heterocycles. The van der Waals surface area contributed by atoms with E-state index in [1.807, 2.05) is 0 Å². The predicted octanol–water partition coefficient (Wildman–Crippen LogP) is 4.61. The predicted molar refractivity (Wildman–Crippen MR) is 85.6 cm³/mol. The standard InChI is InChI=1S/C16H26BrNO/c1-6-18-15(10-11-16(3,4)19-5)13-8-7-9-14(17)12(13)2/h7-9,15,18H,6,10-11H2,1-5H3. The Balaban J connectivity index is 2.85. The zero-order chi connectivity index (χ0) is 14.5. The Labute approximate surface area is 126 Å². The molecule has 0 spiro atoms. The van der Waals surface area contributed by atoms with Gasteiger partial charge in [0.15, 0.2) is 0 Å². The fourth-order valence-electron chi connectivity index (χ4n) is 2.21. The van der Waals surface area contributed by atoms with Crippen LogP contribution in [-0.2, 0) is 4.74 Å². The minimum absolute atomic E-state index is 0.0619. The Bertz CT molecular complexity index is 404. The molecule has 1 rings (SSSR count). The first kappa shape index (κ1) is 16.7. The molecule has 0 saturated carbocycles. The van der Waals surface area contributed by atoms with Crippen molar-refractivity contribution in [3.63, 3.8) is 0 Å². The first-order valence-corrected chi connectivity index (χ1v) is 7.74. The zero-order valence-electron chi connectivity index (χ0n) is 12.7. The highest BCUT2D eigenvalue weighted by molar-refractivity contribution is 9.10. The topological polar surface area (TPSA) is 21.3 Å². The normalized spacial score (nSPS) is 13.6. The van der Waals surface area contributed by atoms with Crippen molar-refractivity contribution in [2.75, 3.05) is 13.7 Å². The highest BCUT2D eigenvalue weighted by Crippen LogP contribution is 2.29. The summed E-state index contributed by atoms with van der Waals surface area (Å²) in [6.45, 7) is 9.59. The number of halogens is 1. The number of ether oxygens (including phenoxy) is 1. The minimum atomic E-state index is -0.0619. The number of rotatable bonds is 7.